The lowest BCUT2D eigenvalue weighted by molar-refractivity contribution is -0.138. The third-order valence-corrected chi connectivity index (χ3v) is 13.7. The van der Waals surface area contributed by atoms with Gasteiger partial charge in [-0.25, -0.2) is 9.97 Å². The zero-order valence-corrected chi connectivity index (χ0v) is 41.4. The minimum absolute atomic E-state index is 0.102. The Labute approximate surface area is 443 Å². The maximum atomic E-state index is 15.6. The normalized spacial score (nSPS) is 12.4. The van der Waals surface area contributed by atoms with Crippen LogP contribution in [0.2, 0.25) is 0 Å². The third-order valence-electron chi connectivity index (χ3n) is 13.7. The van der Waals surface area contributed by atoms with Gasteiger partial charge in [0.25, 0.3) is 0 Å². The summed E-state index contributed by atoms with van der Waals surface area (Å²) in [5.74, 6) is 0.205. The van der Waals surface area contributed by atoms with Crippen LogP contribution in [0.15, 0.2) is 200 Å². The highest BCUT2D eigenvalue weighted by Gasteiger charge is 2.38. The summed E-state index contributed by atoms with van der Waals surface area (Å²) in [5.41, 5.74) is -2.05. The summed E-state index contributed by atoms with van der Waals surface area (Å²) in [7, 11) is 0. The second kappa shape index (κ2) is 19.5. The summed E-state index contributed by atoms with van der Waals surface area (Å²) in [6.07, 6.45) is -19.5. The summed E-state index contributed by atoms with van der Waals surface area (Å²) in [4.78, 5) is 9.79. The van der Waals surface area contributed by atoms with Gasteiger partial charge in [0.2, 0.25) is 0 Å². The minimum atomic E-state index is -5.03. The van der Waals surface area contributed by atoms with E-state index in [1.807, 2.05) is 0 Å². The van der Waals surface area contributed by atoms with Crippen molar-refractivity contribution in [3.8, 4) is 84.1 Å². The second-order valence-electron chi connectivity index (χ2n) is 19.2. The number of aryl methyl sites for hydroxylation is 2. The summed E-state index contributed by atoms with van der Waals surface area (Å²) in [6.45, 7) is 2.98. The topological polar surface area (TPSA) is 30.7 Å². The lowest BCUT2D eigenvalue weighted by atomic mass is 9.88. The summed E-state index contributed by atoms with van der Waals surface area (Å²) in [6, 6.07) is 47.6. The molecule has 0 N–H and O–H groups in total. The summed E-state index contributed by atoms with van der Waals surface area (Å²) in [5, 5.41) is 0.524. The fourth-order valence-corrected chi connectivity index (χ4v) is 10.3. The molecule has 0 saturated heterocycles. The zero-order chi connectivity index (χ0) is 55.8. The van der Waals surface area contributed by atoms with Gasteiger partial charge >= 0.3 is 24.7 Å². The highest BCUT2D eigenvalue weighted by Crippen LogP contribution is 2.50. The van der Waals surface area contributed by atoms with Crippen molar-refractivity contribution >= 4 is 21.8 Å². The Hall–Kier alpha value is -8.98. The molecule has 0 fully saturated rings. The van der Waals surface area contributed by atoms with Crippen molar-refractivity contribution < 1.29 is 52.7 Å². The highest BCUT2D eigenvalue weighted by atomic mass is 19.4. The fourth-order valence-electron chi connectivity index (χ4n) is 10.3. The first kappa shape index (κ1) is 52.1. The van der Waals surface area contributed by atoms with E-state index in [0.29, 0.717) is 16.8 Å². The van der Waals surface area contributed by atoms with Gasteiger partial charge in [0.1, 0.15) is 0 Å². The van der Waals surface area contributed by atoms with Crippen molar-refractivity contribution in [2.24, 2.45) is 0 Å². The van der Waals surface area contributed by atoms with Crippen LogP contribution in [0.3, 0.4) is 0 Å². The number of rotatable bonds is 8. The first-order valence-corrected chi connectivity index (χ1v) is 24.5. The van der Waals surface area contributed by atoms with E-state index >= 15 is 26.3 Å². The molecule has 0 unspecified atom stereocenters. The van der Waals surface area contributed by atoms with Gasteiger partial charge in [-0.1, -0.05) is 121 Å². The molecule has 79 heavy (non-hydrogen) atoms. The van der Waals surface area contributed by atoms with Gasteiger partial charge in [0.05, 0.1) is 50.4 Å². The second-order valence-corrected chi connectivity index (χ2v) is 19.2. The standard InChI is InChI=1S/C64H39F12N3/c1-36-25-42(29-45(27-36)61(65,66)67)40-21-23-57-49(31-40)50-32-41(43-26-37(2)28-46(30-43)62(68,69)70)22-24-58(50)79(57)59-51(47-17-9-11-19-53(47)63(71,72)73)33-44(34-52(59)48-18-10-12-20-54(48)64(74,75)76)56-35-55(38-13-5-3-6-14-38)77-60(78-56)39-15-7-4-8-16-39/h3-35H,1-2H3. The van der Waals surface area contributed by atoms with E-state index < -0.39 is 58.1 Å². The summed E-state index contributed by atoms with van der Waals surface area (Å²) >= 11 is 0. The molecule has 15 heteroatoms. The molecule has 2 heterocycles. The number of alkyl halides is 12. The van der Waals surface area contributed by atoms with Crippen LogP contribution in [0.1, 0.15) is 33.4 Å². The number of fused-ring (bicyclic) bond motifs is 3. The van der Waals surface area contributed by atoms with Crippen LogP contribution >= 0.6 is 0 Å². The first-order chi connectivity index (χ1) is 37.5. The molecule has 11 aromatic rings. The average molecular weight is 1080 g/mol. The van der Waals surface area contributed by atoms with Gasteiger partial charge in [-0.15, -0.1) is 0 Å². The Morgan fingerprint density at radius 3 is 1.15 bits per heavy atom. The van der Waals surface area contributed by atoms with Gasteiger partial charge < -0.3 is 4.57 Å². The maximum absolute atomic E-state index is 15.6. The lowest BCUT2D eigenvalue weighted by Crippen LogP contribution is -2.11. The molecule has 0 atom stereocenters. The Bertz CT molecular complexity index is 3900. The van der Waals surface area contributed by atoms with Gasteiger partial charge in [0.15, 0.2) is 5.82 Å². The predicted molar refractivity (Wildman–Crippen MR) is 284 cm³/mol. The van der Waals surface area contributed by atoms with E-state index in [-0.39, 0.29) is 89.1 Å². The molecular formula is C64H39F12N3. The molecule has 0 aliphatic heterocycles. The lowest BCUT2D eigenvalue weighted by Gasteiger charge is -2.24. The molecule has 2 aromatic heterocycles. The molecule has 0 bridgehead atoms. The maximum Gasteiger partial charge on any atom is 0.417 e. The van der Waals surface area contributed by atoms with Crippen LogP contribution in [0.25, 0.3) is 106 Å². The molecule has 0 amide bonds. The van der Waals surface area contributed by atoms with Crippen LogP contribution in [0.4, 0.5) is 52.7 Å². The Kier molecular flexibility index (Phi) is 12.8. The number of hydrogen-bond acceptors (Lipinski definition) is 2. The molecule has 0 radical (unpaired) electrons. The van der Waals surface area contributed by atoms with E-state index in [9.17, 15) is 26.3 Å². The molecule has 9 aromatic carbocycles. The Balaban J connectivity index is 1.31. The molecule has 0 aliphatic carbocycles. The van der Waals surface area contributed by atoms with E-state index in [4.69, 9.17) is 9.97 Å². The number of benzene rings is 9. The molecule has 0 saturated carbocycles. The zero-order valence-electron chi connectivity index (χ0n) is 41.4. The van der Waals surface area contributed by atoms with Crippen LogP contribution in [-0.2, 0) is 24.7 Å². The van der Waals surface area contributed by atoms with Crippen molar-refractivity contribution in [2.45, 2.75) is 38.6 Å². The molecular weight excluding hydrogens is 1040 g/mol. The van der Waals surface area contributed by atoms with E-state index in [2.05, 4.69) is 0 Å². The van der Waals surface area contributed by atoms with E-state index in [0.717, 1.165) is 36.4 Å². The smallest absolute Gasteiger partial charge is 0.308 e. The minimum Gasteiger partial charge on any atom is -0.308 e. The van der Waals surface area contributed by atoms with Crippen LogP contribution in [0.5, 0.6) is 0 Å². The summed E-state index contributed by atoms with van der Waals surface area (Å²) < 4.78 is 181. The predicted octanol–water partition coefficient (Wildman–Crippen LogP) is 19.9. The molecule has 11 rings (SSSR count). The third kappa shape index (κ3) is 10.1. The van der Waals surface area contributed by atoms with E-state index in [1.165, 1.54) is 103 Å². The van der Waals surface area contributed by atoms with Gasteiger partial charge in [-0.05, 0) is 137 Å². The van der Waals surface area contributed by atoms with Gasteiger partial charge in [0, 0.05) is 38.6 Å². The highest BCUT2D eigenvalue weighted by molar-refractivity contribution is 6.13. The van der Waals surface area contributed by atoms with Crippen LogP contribution in [-0.4, -0.2) is 14.5 Å². The Morgan fingerprint density at radius 2 is 0.722 bits per heavy atom. The van der Waals surface area contributed by atoms with Crippen molar-refractivity contribution in [3.63, 3.8) is 0 Å². The van der Waals surface area contributed by atoms with Crippen molar-refractivity contribution in [3.05, 3.63) is 234 Å². The molecule has 0 spiro atoms. The first-order valence-electron chi connectivity index (χ1n) is 24.5. The Morgan fingerprint density at radius 1 is 0.316 bits per heavy atom. The number of nitrogens with zero attached hydrogens (tertiary/aromatic N) is 3. The van der Waals surface area contributed by atoms with Crippen molar-refractivity contribution in [2.75, 3.05) is 0 Å². The molecule has 0 aliphatic rings. The molecule has 3 nitrogen and oxygen atoms in total. The van der Waals surface area contributed by atoms with Crippen molar-refractivity contribution in [1.82, 2.24) is 14.5 Å². The van der Waals surface area contributed by atoms with Crippen LogP contribution in [0, 0.1) is 13.8 Å². The average Bonchev–Trinajstić information content (AvgIpc) is 3.46. The van der Waals surface area contributed by atoms with Gasteiger partial charge in [-0.2, -0.15) is 52.7 Å². The molecule has 394 valence electrons. The van der Waals surface area contributed by atoms with Gasteiger partial charge in [-0.3, -0.25) is 0 Å². The van der Waals surface area contributed by atoms with Crippen molar-refractivity contribution in [1.29, 1.82) is 0 Å². The van der Waals surface area contributed by atoms with Crippen LogP contribution < -0.4 is 0 Å². The largest absolute Gasteiger partial charge is 0.417 e. The number of halogens is 12. The SMILES string of the molecule is Cc1cc(-c2ccc3c(c2)c2cc(-c4cc(C)cc(C(F)(F)F)c4)ccc2n3-c2c(-c3ccccc3C(F)(F)F)cc(-c3cc(-c4ccccc4)nc(-c4ccccc4)n3)cc2-c2ccccc2C(F)(F)F)cc(C(F)(F)F)c1. The quantitative estimate of drug-likeness (QED) is 0.142. The number of hydrogen-bond donors (Lipinski definition) is 0. The fraction of sp³-hybridized carbons (Fsp3) is 0.0938. The number of aromatic nitrogens is 3. The van der Waals surface area contributed by atoms with E-state index in [1.54, 1.807) is 78.9 Å². The monoisotopic (exact) mass is 1080 g/mol.